The number of hydrogen-bond acceptors (Lipinski definition) is 8. The minimum Gasteiger partial charge on any atom is -0.382 e. The van der Waals surface area contributed by atoms with E-state index in [-0.39, 0.29) is 5.82 Å². The van der Waals surface area contributed by atoms with E-state index in [1.807, 2.05) is 44.2 Å². The number of aromatic nitrogens is 3. The number of halogens is 2. The molecule has 8 nitrogen and oxygen atoms in total. The molecule has 2 aromatic carbocycles. The monoisotopic (exact) mass is 499 g/mol. The smallest absolute Gasteiger partial charge is 0.233 e. The second-order valence-electron chi connectivity index (χ2n) is 8.22. The van der Waals surface area contributed by atoms with Gasteiger partial charge in [-0.25, -0.2) is 4.39 Å². The molecule has 186 valence electrons. The molecule has 0 amide bonds. The highest BCUT2D eigenvalue weighted by molar-refractivity contribution is 6.31. The predicted octanol–water partition coefficient (Wildman–Crippen LogP) is 4.88. The van der Waals surface area contributed by atoms with Gasteiger partial charge in [0.1, 0.15) is 5.82 Å². The van der Waals surface area contributed by atoms with Gasteiger partial charge in [0, 0.05) is 56.6 Å². The number of piperazine rings is 1. The Hall–Kier alpha value is -3.17. The van der Waals surface area contributed by atoms with Gasteiger partial charge in [0.2, 0.25) is 17.8 Å². The zero-order chi connectivity index (χ0) is 24.6. The van der Waals surface area contributed by atoms with Crippen molar-refractivity contribution in [2.75, 3.05) is 66.4 Å². The molecule has 35 heavy (non-hydrogen) atoms. The number of benzene rings is 2. The summed E-state index contributed by atoms with van der Waals surface area (Å²) < 4.78 is 19.7. The third-order valence-corrected chi connectivity index (χ3v) is 6.26. The van der Waals surface area contributed by atoms with Crippen LogP contribution in [-0.2, 0) is 4.74 Å². The van der Waals surface area contributed by atoms with Crippen LogP contribution in [0.5, 0.6) is 0 Å². The highest BCUT2D eigenvalue weighted by atomic mass is 35.5. The van der Waals surface area contributed by atoms with Crippen molar-refractivity contribution >= 4 is 40.8 Å². The Morgan fingerprint density at radius 1 is 0.971 bits per heavy atom. The van der Waals surface area contributed by atoms with Gasteiger partial charge in [-0.2, -0.15) is 15.0 Å². The lowest BCUT2D eigenvalue weighted by atomic mass is 10.2. The Morgan fingerprint density at radius 3 is 2.49 bits per heavy atom. The van der Waals surface area contributed by atoms with E-state index in [2.05, 4.69) is 35.4 Å². The van der Waals surface area contributed by atoms with Crippen molar-refractivity contribution in [3.8, 4) is 0 Å². The third kappa shape index (κ3) is 6.49. The van der Waals surface area contributed by atoms with E-state index in [0.29, 0.717) is 74.5 Å². The minimum absolute atomic E-state index is 0.206. The van der Waals surface area contributed by atoms with Gasteiger partial charge in [-0.1, -0.05) is 29.8 Å². The van der Waals surface area contributed by atoms with Crippen molar-refractivity contribution < 1.29 is 9.13 Å². The Balaban J connectivity index is 1.51. The molecule has 0 radical (unpaired) electrons. The maximum absolute atomic E-state index is 14.2. The summed E-state index contributed by atoms with van der Waals surface area (Å²) in [4.78, 5) is 18.1. The number of para-hydroxylation sites is 1. The number of nitrogens with one attached hydrogen (secondary N) is 2. The molecule has 0 bridgehead atoms. The normalized spacial score (nSPS) is 13.7. The van der Waals surface area contributed by atoms with Gasteiger partial charge >= 0.3 is 0 Å². The lowest BCUT2D eigenvalue weighted by molar-refractivity contribution is 0.147. The topological polar surface area (TPSA) is 78.4 Å². The van der Waals surface area contributed by atoms with E-state index in [1.54, 1.807) is 6.07 Å². The molecular formula is C25H31ClFN7O. The van der Waals surface area contributed by atoms with Gasteiger partial charge in [0.05, 0.1) is 5.69 Å². The largest absolute Gasteiger partial charge is 0.382 e. The van der Waals surface area contributed by atoms with Gasteiger partial charge in [-0.3, -0.25) is 0 Å². The molecule has 1 saturated heterocycles. The van der Waals surface area contributed by atoms with E-state index < -0.39 is 0 Å². The maximum atomic E-state index is 14.2. The van der Waals surface area contributed by atoms with Gasteiger partial charge in [0.15, 0.2) is 0 Å². The van der Waals surface area contributed by atoms with Crippen molar-refractivity contribution in [3.05, 3.63) is 58.9 Å². The number of ether oxygens (including phenoxy) is 1. The van der Waals surface area contributed by atoms with Crippen LogP contribution in [0, 0.1) is 12.7 Å². The van der Waals surface area contributed by atoms with E-state index in [1.165, 1.54) is 6.07 Å². The average Bonchev–Trinajstić information content (AvgIpc) is 2.87. The molecule has 0 atom stereocenters. The predicted molar refractivity (Wildman–Crippen MR) is 140 cm³/mol. The van der Waals surface area contributed by atoms with E-state index in [9.17, 15) is 4.39 Å². The number of rotatable bonds is 10. The number of hydrogen-bond donors (Lipinski definition) is 2. The Kier molecular flexibility index (Phi) is 8.54. The van der Waals surface area contributed by atoms with Crippen molar-refractivity contribution in [2.45, 2.75) is 20.3 Å². The molecule has 0 aliphatic carbocycles. The second kappa shape index (κ2) is 12.0. The zero-order valence-corrected chi connectivity index (χ0v) is 20.9. The SMILES string of the molecule is CCOCCCNc1nc(Nc2cccc(Cl)c2C)nc(N2CCN(c3ccccc3F)CC2)n1. The summed E-state index contributed by atoms with van der Waals surface area (Å²) in [5.41, 5.74) is 2.38. The van der Waals surface area contributed by atoms with E-state index >= 15 is 0 Å². The standard InChI is InChI=1S/C25H31ClFN7O/c1-3-35-17-7-12-28-23-30-24(29-21-10-6-8-19(26)18(21)2)32-25(31-23)34-15-13-33(14-16-34)22-11-5-4-9-20(22)27/h4-6,8-11H,3,7,12-17H2,1-2H3,(H2,28,29,30,31,32). The summed E-state index contributed by atoms with van der Waals surface area (Å²) >= 11 is 6.29. The van der Waals surface area contributed by atoms with Crippen LogP contribution < -0.4 is 20.4 Å². The average molecular weight is 500 g/mol. The van der Waals surface area contributed by atoms with Crippen LogP contribution in [0.25, 0.3) is 0 Å². The number of nitrogens with zero attached hydrogens (tertiary/aromatic N) is 5. The third-order valence-electron chi connectivity index (χ3n) is 5.85. The lowest BCUT2D eigenvalue weighted by Crippen LogP contribution is -2.47. The van der Waals surface area contributed by atoms with Crippen molar-refractivity contribution in [2.24, 2.45) is 0 Å². The molecule has 10 heteroatoms. The Labute approximate surface area is 210 Å². The van der Waals surface area contributed by atoms with Crippen LogP contribution in [0.2, 0.25) is 5.02 Å². The summed E-state index contributed by atoms with van der Waals surface area (Å²) in [6.45, 7) is 8.64. The first-order valence-corrected chi connectivity index (χ1v) is 12.3. The second-order valence-corrected chi connectivity index (χ2v) is 8.63. The summed E-state index contributed by atoms with van der Waals surface area (Å²) in [6, 6.07) is 12.5. The molecule has 2 N–H and O–H groups in total. The summed E-state index contributed by atoms with van der Waals surface area (Å²) in [5, 5.41) is 7.24. The van der Waals surface area contributed by atoms with E-state index in [0.717, 1.165) is 17.7 Å². The van der Waals surface area contributed by atoms with Gasteiger partial charge in [-0.15, -0.1) is 0 Å². The first-order chi connectivity index (χ1) is 17.0. The molecule has 1 aliphatic heterocycles. The van der Waals surface area contributed by atoms with Crippen LogP contribution in [0.3, 0.4) is 0 Å². The molecule has 1 fully saturated rings. The zero-order valence-electron chi connectivity index (χ0n) is 20.1. The van der Waals surface area contributed by atoms with Crippen LogP contribution >= 0.6 is 11.6 Å². The van der Waals surface area contributed by atoms with Gasteiger partial charge in [0.25, 0.3) is 0 Å². The fraction of sp³-hybridized carbons (Fsp3) is 0.400. The lowest BCUT2D eigenvalue weighted by Gasteiger charge is -2.36. The maximum Gasteiger partial charge on any atom is 0.233 e. The molecular weight excluding hydrogens is 469 g/mol. The van der Waals surface area contributed by atoms with Gasteiger partial charge < -0.3 is 25.2 Å². The minimum atomic E-state index is -0.206. The summed E-state index contributed by atoms with van der Waals surface area (Å²) in [5.74, 6) is 1.29. The van der Waals surface area contributed by atoms with Crippen LogP contribution in [0.15, 0.2) is 42.5 Å². The molecule has 0 unspecified atom stereocenters. The van der Waals surface area contributed by atoms with Crippen LogP contribution in [0.4, 0.5) is 33.6 Å². The fourth-order valence-electron chi connectivity index (χ4n) is 3.88. The van der Waals surface area contributed by atoms with Gasteiger partial charge in [-0.05, 0) is 50.1 Å². The summed E-state index contributed by atoms with van der Waals surface area (Å²) in [6.07, 6.45) is 0.840. The summed E-state index contributed by atoms with van der Waals surface area (Å²) in [7, 11) is 0. The molecule has 1 aromatic heterocycles. The Morgan fingerprint density at radius 2 is 1.71 bits per heavy atom. The molecule has 4 rings (SSSR count). The first kappa shape index (κ1) is 24.9. The Bertz CT molecular complexity index is 1120. The van der Waals surface area contributed by atoms with Crippen molar-refractivity contribution in [3.63, 3.8) is 0 Å². The van der Waals surface area contributed by atoms with Crippen LogP contribution in [-0.4, -0.2) is 60.9 Å². The molecule has 2 heterocycles. The van der Waals surface area contributed by atoms with Crippen molar-refractivity contribution in [1.82, 2.24) is 15.0 Å². The molecule has 0 saturated carbocycles. The van der Waals surface area contributed by atoms with Crippen molar-refractivity contribution in [1.29, 1.82) is 0 Å². The first-order valence-electron chi connectivity index (χ1n) is 11.9. The highest BCUT2D eigenvalue weighted by Crippen LogP contribution is 2.27. The molecule has 3 aromatic rings. The van der Waals surface area contributed by atoms with Crippen LogP contribution in [0.1, 0.15) is 18.9 Å². The number of anilines is 5. The molecule has 0 spiro atoms. The highest BCUT2D eigenvalue weighted by Gasteiger charge is 2.22. The van der Waals surface area contributed by atoms with E-state index in [4.69, 9.17) is 16.3 Å². The molecule has 1 aliphatic rings. The quantitative estimate of drug-likeness (QED) is 0.382. The fourth-order valence-corrected chi connectivity index (χ4v) is 4.05.